The van der Waals surface area contributed by atoms with Gasteiger partial charge in [0.25, 0.3) is 0 Å². The molecule has 0 saturated carbocycles. The van der Waals surface area contributed by atoms with Gasteiger partial charge in [-0.25, -0.2) is 4.98 Å². The Bertz CT molecular complexity index is 1880. The number of benzene rings is 2. The molecule has 0 unspecified atom stereocenters. The van der Waals surface area contributed by atoms with Gasteiger partial charge in [0.2, 0.25) is 0 Å². The third-order valence-corrected chi connectivity index (χ3v) is 23.6. The number of aromatic nitrogens is 4. The van der Waals surface area contributed by atoms with Crippen LogP contribution in [-0.4, -0.2) is 49.2 Å². The molecule has 0 fully saturated rings. The van der Waals surface area contributed by atoms with Gasteiger partial charge in [-0.2, -0.15) is 0 Å². The van der Waals surface area contributed by atoms with E-state index in [2.05, 4.69) is 177 Å². The first-order chi connectivity index (χ1) is 21.1. The number of hydrogen-bond acceptors (Lipinski definition) is 2. The number of hydrogen-bond donors (Lipinski definition) is 0. The first kappa shape index (κ1) is 35.1. The molecule has 0 N–H and O–H groups in total. The molecule has 0 aliphatic rings. The molecule has 46 heavy (non-hydrogen) atoms. The summed E-state index contributed by atoms with van der Waals surface area (Å²) in [5, 5.41) is 2.86. The molecular formula is C37H55BrN4OSi3. The highest BCUT2D eigenvalue weighted by atomic mass is 79.9. The van der Waals surface area contributed by atoms with Gasteiger partial charge >= 0.3 is 0 Å². The van der Waals surface area contributed by atoms with Crippen molar-refractivity contribution < 1.29 is 4.74 Å². The second-order valence-corrected chi connectivity index (χ2v) is 34.1. The molecule has 3 heterocycles. The highest BCUT2D eigenvalue weighted by Gasteiger charge is 2.40. The summed E-state index contributed by atoms with van der Waals surface area (Å²) in [6, 6.07) is 16.7. The van der Waals surface area contributed by atoms with Crippen LogP contribution in [0, 0.1) is 0 Å². The van der Waals surface area contributed by atoms with Gasteiger partial charge in [0.15, 0.2) is 16.5 Å². The standard InChI is InChI=1S/C37H55BrN4OSi3/c1-36(2,3)45(10,11)41-24-31(28-16-14-15-17-33(28)41)35-39-32(25-40(35)26-43-20-21-44(7,8)9)30-23-42(46(12,13)37(4,5)6)34-22-27(38)18-19-29(30)34/h14-19,22-25H,20-21,26H2,1-13H3. The van der Waals surface area contributed by atoms with E-state index < -0.39 is 24.5 Å². The van der Waals surface area contributed by atoms with Gasteiger partial charge < -0.3 is 17.8 Å². The van der Waals surface area contributed by atoms with Crippen LogP contribution in [0.5, 0.6) is 0 Å². The van der Waals surface area contributed by atoms with E-state index in [9.17, 15) is 0 Å². The van der Waals surface area contributed by atoms with E-state index in [-0.39, 0.29) is 10.1 Å². The molecule has 2 aromatic carbocycles. The van der Waals surface area contributed by atoms with Crippen molar-refractivity contribution in [2.75, 3.05) is 6.61 Å². The van der Waals surface area contributed by atoms with Gasteiger partial charge in [-0.15, -0.1) is 0 Å². The molecule has 0 bridgehead atoms. The highest BCUT2D eigenvalue weighted by molar-refractivity contribution is 9.10. The maximum Gasteiger partial charge on any atom is 0.161 e. The summed E-state index contributed by atoms with van der Waals surface area (Å²) in [7, 11) is -5.05. The predicted octanol–water partition coefficient (Wildman–Crippen LogP) is 11.9. The minimum atomic E-state index is -1.93. The maximum absolute atomic E-state index is 6.41. The van der Waals surface area contributed by atoms with E-state index in [1.165, 1.54) is 32.9 Å². The fraction of sp³-hybridized carbons (Fsp3) is 0.486. The average molecular weight is 736 g/mol. The molecule has 9 heteroatoms. The molecule has 5 rings (SSSR count). The molecule has 0 radical (unpaired) electrons. The number of halogens is 1. The first-order valence-electron chi connectivity index (χ1n) is 16.7. The Morgan fingerprint density at radius 2 is 1.28 bits per heavy atom. The second-order valence-electron chi connectivity index (χ2n) is 17.4. The van der Waals surface area contributed by atoms with Crippen LogP contribution in [0.15, 0.2) is 65.5 Å². The lowest BCUT2D eigenvalue weighted by molar-refractivity contribution is 0.0883. The zero-order valence-corrected chi connectivity index (χ0v) is 35.1. The van der Waals surface area contributed by atoms with E-state index in [4.69, 9.17) is 9.72 Å². The molecule has 0 aliphatic heterocycles. The van der Waals surface area contributed by atoms with Crippen LogP contribution < -0.4 is 0 Å². The number of imidazole rings is 1. The summed E-state index contributed by atoms with van der Waals surface area (Å²) >= 11 is 3.77. The van der Waals surface area contributed by atoms with Gasteiger partial charge in [-0.3, -0.25) is 0 Å². The second kappa shape index (κ2) is 12.1. The lowest BCUT2D eigenvalue weighted by atomic mass is 10.1. The molecular weight excluding hydrogens is 681 g/mol. The molecule has 5 aromatic rings. The van der Waals surface area contributed by atoms with Crippen molar-refractivity contribution in [3.63, 3.8) is 0 Å². The molecule has 0 saturated heterocycles. The average Bonchev–Trinajstić information content (AvgIpc) is 3.62. The third kappa shape index (κ3) is 6.47. The van der Waals surface area contributed by atoms with E-state index in [0.717, 1.165) is 28.6 Å². The third-order valence-electron chi connectivity index (χ3n) is 10.9. The van der Waals surface area contributed by atoms with E-state index in [0.29, 0.717) is 6.73 Å². The minimum absolute atomic E-state index is 0.179. The van der Waals surface area contributed by atoms with E-state index in [1.807, 2.05) is 0 Å². The van der Waals surface area contributed by atoms with Crippen LogP contribution >= 0.6 is 15.9 Å². The lowest BCUT2D eigenvalue weighted by Crippen LogP contribution is -2.44. The van der Waals surface area contributed by atoms with Gasteiger partial charge in [0.1, 0.15) is 12.6 Å². The zero-order chi connectivity index (χ0) is 34.0. The van der Waals surface area contributed by atoms with Crippen molar-refractivity contribution in [1.82, 2.24) is 18.0 Å². The van der Waals surface area contributed by atoms with Crippen molar-refractivity contribution in [3.8, 4) is 22.6 Å². The minimum Gasteiger partial charge on any atom is -0.373 e. The maximum atomic E-state index is 6.41. The Morgan fingerprint density at radius 1 is 0.717 bits per heavy atom. The zero-order valence-electron chi connectivity index (χ0n) is 30.5. The lowest BCUT2D eigenvalue weighted by Gasteiger charge is -2.38. The van der Waals surface area contributed by atoms with Crippen LogP contribution in [0.3, 0.4) is 0 Å². The topological polar surface area (TPSA) is 36.9 Å². The monoisotopic (exact) mass is 734 g/mol. The Hall–Kier alpha value is -2.18. The van der Waals surface area contributed by atoms with Crippen LogP contribution in [-0.2, 0) is 11.5 Å². The highest BCUT2D eigenvalue weighted by Crippen LogP contribution is 2.44. The van der Waals surface area contributed by atoms with Crippen molar-refractivity contribution >= 4 is 62.3 Å². The number of ether oxygens (including phenoxy) is 1. The van der Waals surface area contributed by atoms with Crippen molar-refractivity contribution in [2.24, 2.45) is 0 Å². The number of fused-ring (bicyclic) bond motifs is 2. The Labute approximate surface area is 288 Å². The molecule has 3 aromatic heterocycles. The smallest absolute Gasteiger partial charge is 0.161 e. The predicted molar refractivity (Wildman–Crippen MR) is 211 cm³/mol. The van der Waals surface area contributed by atoms with Gasteiger partial charge in [0, 0.05) is 70.7 Å². The molecule has 0 atom stereocenters. The van der Waals surface area contributed by atoms with Crippen LogP contribution in [0.25, 0.3) is 44.5 Å². The Morgan fingerprint density at radius 3 is 1.89 bits per heavy atom. The largest absolute Gasteiger partial charge is 0.373 e. The number of nitrogens with zero attached hydrogens (tertiary/aromatic N) is 4. The van der Waals surface area contributed by atoms with E-state index >= 15 is 0 Å². The van der Waals surface area contributed by atoms with Gasteiger partial charge in [-0.05, 0) is 34.3 Å². The first-order valence-corrected chi connectivity index (χ1v) is 27.1. The summed E-state index contributed by atoms with van der Waals surface area (Å²) in [4.78, 5) is 5.50. The fourth-order valence-electron chi connectivity index (χ4n) is 5.81. The summed E-state index contributed by atoms with van der Waals surface area (Å²) in [6.45, 7) is 32.7. The Balaban J connectivity index is 1.73. The number of rotatable bonds is 9. The normalized spacial score (nSPS) is 13.8. The molecule has 5 nitrogen and oxygen atoms in total. The van der Waals surface area contributed by atoms with Gasteiger partial charge in [0.05, 0.1) is 5.69 Å². The van der Waals surface area contributed by atoms with Crippen LogP contribution in [0.4, 0.5) is 0 Å². The molecule has 0 aliphatic carbocycles. The van der Waals surface area contributed by atoms with Crippen molar-refractivity contribution in [3.05, 3.63) is 65.5 Å². The molecule has 0 spiro atoms. The summed E-state index contributed by atoms with van der Waals surface area (Å²) in [5.74, 6) is 0.974. The van der Waals surface area contributed by atoms with Crippen LogP contribution in [0.2, 0.25) is 61.9 Å². The summed E-state index contributed by atoms with van der Waals surface area (Å²) in [5.41, 5.74) is 5.92. The van der Waals surface area contributed by atoms with Crippen molar-refractivity contribution in [1.29, 1.82) is 0 Å². The summed E-state index contributed by atoms with van der Waals surface area (Å²) < 4.78 is 15.0. The van der Waals surface area contributed by atoms with E-state index in [1.54, 1.807) is 0 Å². The molecule has 248 valence electrons. The quantitative estimate of drug-likeness (QED) is 0.112. The SMILES string of the molecule is CC(C)(C)[Si](C)(C)n1cc(-c2cn(COCC[Si](C)(C)C)c(-c3cn([Si](C)(C)C(C)(C)C)c4ccccc34)n2)c2ccc(Br)cc21. The number of para-hydroxylation sites is 1. The fourth-order valence-corrected chi connectivity index (χ4v) is 10.8. The van der Waals surface area contributed by atoms with Crippen LogP contribution in [0.1, 0.15) is 41.5 Å². The summed E-state index contributed by atoms with van der Waals surface area (Å²) in [6.07, 6.45) is 7.01. The van der Waals surface area contributed by atoms with Crippen molar-refractivity contribution in [2.45, 2.75) is 110 Å². The van der Waals surface area contributed by atoms with Gasteiger partial charge in [-0.1, -0.05) is 128 Å². The Kier molecular flexibility index (Phi) is 9.21. The molecule has 0 amide bonds.